The van der Waals surface area contributed by atoms with Gasteiger partial charge in [-0.15, -0.1) is 0 Å². The zero-order chi connectivity index (χ0) is 16.8. The van der Waals surface area contributed by atoms with Crippen LogP contribution < -0.4 is 0 Å². The van der Waals surface area contributed by atoms with Crippen LogP contribution in [-0.2, 0) is 9.59 Å². The van der Waals surface area contributed by atoms with Crippen molar-refractivity contribution in [3.8, 4) is 0 Å². The smallest absolute Gasteiger partial charge is 0.303 e. The summed E-state index contributed by atoms with van der Waals surface area (Å²) in [5, 5.41) is 8.60. The van der Waals surface area contributed by atoms with Crippen LogP contribution in [-0.4, -0.2) is 32.7 Å². The average Bonchev–Trinajstić information content (AvgIpc) is 2.76. The van der Waals surface area contributed by atoms with E-state index in [0.29, 0.717) is 22.2 Å². The summed E-state index contributed by atoms with van der Waals surface area (Å²) in [5.74, 6) is -0.853. The number of hydrogen-bond donors (Lipinski definition) is 1. The minimum atomic E-state index is -0.784. The molecule has 1 heterocycles. The van der Waals surface area contributed by atoms with Crippen LogP contribution in [0.1, 0.15) is 31.2 Å². The largest absolute Gasteiger partial charge is 0.481 e. The number of unbranched alkanes of at least 4 members (excludes halogenated alkanes) is 2. The molecule has 0 saturated carbocycles. The second-order valence-electron chi connectivity index (χ2n) is 5.09. The maximum atomic E-state index is 12.4. The quantitative estimate of drug-likeness (QED) is 0.410. The summed E-state index contributed by atoms with van der Waals surface area (Å²) in [4.78, 5) is 25.1. The van der Waals surface area contributed by atoms with E-state index in [1.807, 2.05) is 30.3 Å². The first-order chi connectivity index (χ1) is 11.0. The molecule has 0 bridgehead atoms. The first kappa shape index (κ1) is 18.2. The Morgan fingerprint density at radius 3 is 2.61 bits per heavy atom. The number of hydrogen-bond acceptors (Lipinski definition) is 4. The van der Waals surface area contributed by atoms with Gasteiger partial charge in [-0.25, -0.2) is 0 Å². The number of carboxylic acids is 1. The zero-order valence-electron chi connectivity index (χ0n) is 12.3. The van der Waals surface area contributed by atoms with Gasteiger partial charge < -0.3 is 5.11 Å². The third kappa shape index (κ3) is 5.44. The predicted octanol–water partition coefficient (Wildman–Crippen LogP) is 4.30. The van der Waals surface area contributed by atoms with Gasteiger partial charge in [-0.2, -0.15) is 0 Å². The van der Waals surface area contributed by atoms with Gasteiger partial charge in [0.25, 0.3) is 5.91 Å². The first-order valence-corrected chi connectivity index (χ1v) is 9.22. The van der Waals surface area contributed by atoms with Gasteiger partial charge in [0.1, 0.15) is 4.32 Å². The highest BCUT2D eigenvalue weighted by Crippen LogP contribution is 2.32. The minimum absolute atomic E-state index is 0.0684. The number of benzene rings is 1. The zero-order valence-corrected chi connectivity index (χ0v) is 15.5. The lowest BCUT2D eigenvalue weighted by Gasteiger charge is -2.13. The van der Waals surface area contributed by atoms with Crippen molar-refractivity contribution in [2.24, 2.45) is 0 Å². The lowest BCUT2D eigenvalue weighted by Crippen LogP contribution is -2.29. The van der Waals surface area contributed by atoms with Gasteiger partial charge in [0.15, 0.2) is 0 Å². The summed E-state index contributed by atoms with van der Waals surface area (Å²) in [7, 11) is 0. The molecule has 7 heteroatoms. The van der Waals surface area contributed by atoms with Crippen LogP contribution >= 0.6 is 39.9 Å². The highest BCUT2D eigenvalue weighted by molar-refractivity contribution is 9.10. The molecule has 1 aliphatic rings. The Morgan fingerprint density at radius 1 is 1.26 bits per heavy atom. The standard InChI is InChI=1S/C16H16BrNO3S2/c17-12-7-5-11(6-8-12)10-13-15(21)18(16(22)23-13)9-3-1-2-4-14(19)20/h5-8,10H,1-4,9H2,(H,19,20)/b13-10-. The molecule has 1 fully saturated rings. The van der Waals surface area contributed by atoms with Crippen molar-refractivity contribution in [1.82, 2.24) is 4.90 Å². The third-order valence-corrected chi connectivity index (χ3v) is 5.22. The van der Waals surface area contributed by atoms with Crippen LogP contribution in [0.25, 0.3) is 6.08 Å². The van der Waals surface area contributed by atoms with Crippen molar-refractivity contribution in [1.29, 1.82) is 0 Å². The number of thiocarbonyl (C=S) groups is 1. The molecule has 0 aromatic heterocycles. The number of aliphatic carboxylic acids is 1. The van der Waals surface area contributed by atoms with Crippen molar-refractivity contribution in [3.05, 3.63) is 39.2 Å². The van der Waals surface area contributed by atoms with Gasteiger partial charge in [0.05, 0.1) is 4.91 Å². The number of rotatable bonds is 7. The van der Waals surface area contributed by atoms with E-state index >= 15 is 0 Å². The summed E-state index contributed by atoms with van der Waals surface area (Å²) in [6.45, 7) is 0.544. The topological polar surface area (TPSA) is 57.6 Å². The number of thioether (sulfide) groups is 1. The molecule has 1 aromatic carbocycles. The van der Waals surface area contributed by atoms with Gasteiger partial charge in [-0.3, -0.25) is 14.5 Å². The Hall–Kier alpha value is -1.18. The molecule has 2 rings (SSSR count). The lowest BCUT2D eigenvalue weighted by molar-refractivity contribution is -0.137. The van der Waals surface area contributed by atoms with E-state index in [1.165, 1.54) is 11.8 Å². The molecular weight excluding hydrogens is 398 g/mol. The van der Waals surface area contributed by atoms with E-state index in [4.69, 9.17) is 17.3 Å². The maximum absolute atomic E-state index is 12.4. The van der Waals surface area contributed by atoms with E-state index in [1.54, 1.807) is 4.90 Å². The molecule has 1 aromatic rings. The predicted molar refractivity (Wildman–Crippen MR) is 100 cm³/mol. The minimum Gasteiger partial charge on any atom is -0.481 e. The fraction of sp³-hybridized carbons (Fsp3) is 0.312. The van der Waals surface area contributed by atoms with Crippen molar-refractivity contribution in [3.63, 3.8) is 0 Å². The fourth-order valence-corrected chi connectivity index (χ4v) is 3.70. The SMILES string of the molecule is O=C(O)CCCCCN1C(=O)/C(=C/c2ccc(Br)cc2)SC1=S. The summed E-state index contributed by atoms with van der Waals surface area (Å²) in [6.07, 6.45) is 4.16. The van der Waals surface area contributed by atoms with Crippen LogP contribution in [0.5, 0.6) is 0 Å². The van der Waals surface area contributed by atoms with Crippen LogP contribution in [0.4, 0.5) is 0 Å². The fourth-order valence-electron chi connectivity index (χ4n) is 2.13. The summed E-state index contributed by atoms with van der Waals surface area (Å²) < 4.78 is 1.56. The molecule has 122 valence electrons. The number of amides is 1. The van der Waals surface area contributed by atoms with Crippen molar-refractivity contribution >= 4 is 62.2 Å². The monoisotopic (exact) mass is 413 g/mol. The Balaban J connectivity index is 1.91. The van der Waals surface area contributed by atoms with E-state index in [-0.39, 0.29) is 12.3 Å². The Kier molecular flexibility index (Phi) is 6.80. The number of halogens is 1. The lowest BCUT2D eigenvalue weighted by atomic mass is 10.2. The first-order valence-electron chi connectivity index (χ1n) is 7.20. The van der Waals surface area contributed by atoms with Crippen LogP contribution in [0.3, 0.4) is 0 Å². The van der Waals surface area contributed by atoms with E-state index in [0.717, 1.165) is 22.9 Å². The molecule has 1 saturated heterocycles. The Morgan fingerprint density at radius 2 is 1.96 bits per heavy atom. The average molecular weight is 414 g/mol. The van der Waals surface area contributed by atoms with Crippen LogP contribution in [0.15, 0.2) is 33.6 Å². The van der Waals surface area contributed by atoms with Crippen molar-refractivity contribution in [2.45, 2.75) is 25.7 Å². The Bertz CT molecular complexity index is 643. The van der Waals surface area contributed by atoms with Crippen LogP contribution in [0, 0.1) is 0 Å². The number of carbonyl (C=O) groups is 2. The van der Waals surface area contributed by atoms with Crippen molar-refractivity contribution < 1.29 is 14.7 Å². The summed E-state index contributed by atoms with van der Waals surface area (Å²) >= 11 is 9.97. The molecule has 4 nitrogen and oxygen atoms in total. The van der Waals surface area contributed by atoms with Gasteiger partial charge in [-0.1, -0.05) is 58.5 Å². The summed E-state index contributed by atoms with van der Waals surface area (Å²) in [6, 6.07) is 7.72. The highest BCUT2D eigenvalue weighted by Gasteiger charge is 2.31. The molecule has 1 N–H and O–H groups in total. The molecule has 23 heavy (non-hydrogen) atoms. The molecule has 1 amide bonds. The molecule has 0 spiro atoms. The number of nitrogens with zero attached hydrogens (tertiary/aromatic N) is 1. The van der Waals surface area contributed by atoms with Crippen LogP contribution in [0.2, 0.25) is 0 Å². The summed E-state index contributed by atoms with van der Waals surface area (Å²) in [5.41, 5.74) is 0.954. The van der Waals surface area contributed by atoms with Gasteiger partial charge in [-0.05, 0) is 36.6 Å². The number of carboxylic acid groups (broad SMARTS) is 1. The van der Waals surface area contributed by atoms with Gasteiger partial charge in [0, 0.05) is 17.4 Å². The second-order valence-corrected chi connectivity index (χ2v) is 7.68. The second kappa shape index (κ2) is 8.61. The van der Waals surface area contributed by atoms with Gasteiger partial charge in [0.2, 0.25) is 0 Å². The Labute approximate surface area is 153 Å². The highest BCUT2D eigenvalue weighted by atomic mass is 79.9. The molecule has 0 unspecified atom stereocenters. The van der Waals surface area contributed by atoms with Gasteiger partial charge >= 0.3 is 5.97 Å². The molecule has 1 aliphatic heterocycles. The third-order valence-electron chi connectivity index (χ3n) is 3.31. The van der Waals surface area contributed by atoms with Crippen molar-refractivity contribution in [2.75, 3.05) is 6.54 Å². The maximum Gasteiger partial charge on any atom is 0.303 e. The molecule has 0 atom stereocenters. The normalized spacial score (nSPS) is 16.4. The number of carbonyl (C=O) groups excluding carboxylic acids is 1. The molecule has 0 aliphatic carbocycles. The van der Waals surface area contributed by atoms with E-state index in [2.05, 4.69) is 15.9 Å². The molecular formula is C16H16BrNO3S2. The molecule has 0 radical (unpaired) electrons. The van der Waals surface area contributed by atoms with E-state index < -0.39 is 5.97 Å². The van der Waals surface area contributed by atoms with E-state index in [9.17, 15) is 9.59 Å².